The average molecular weight is 359 g/mol. The Morgan fingerprint density at radius 3 is 2.85 bits per heavy atom. The van der Waals surface area contributed by atoms with E-state index in [1.807, 2.05) is 12.1 Å². The van der Waals surface area contributed by atoms with Crippen molar-refractivity contribution >= 4 is 5.97 Å². The van der Waals surface area contributed by atoms with Crippen molar-refractivity contribution in [2.45, 2.75) is 32.2 Å². The fourth-order valence-electron chi connectivity index (χ4n) is 2.43. The molecular weight excluding hydrogens is 334 g/mol. The Kier molecular flexibility index (Phi) is 7.67. The van der Waals surface area contributed by atoms with Crippen molar-refractivity contribution in [2.75, 3.05) is 20.3 Å². The van der Waals surface area contributed by atoms with Crippen LogP contribution in [0.1, 0.15) is 37.8 Å². The van der Waals surface area contributed by atoms with E-state index >= 15 is 0 Å². The zero-order valence-corrected chi connectivity index (χ0v) is 15.3. The van der Waals surface area contributed by atoms with E-state index in [9.17, 15) is 4.79 Å². The van der Waals surface area contributed by atoms with Crippen LogP contribution in [0.15, 0.2) is 43.2 Å². The molecule has 7 nitrogen and oxygen atoms in total. The molecule has 2 aromatic rings. The first-order valence-corrected chi connectivity index (χ1v) is 8.62. The van der Waals surface area contributed by atoms with Gasteiger partial charge in [-0.3, -0.25) is 9.48 Å². The normalized spacial score (nSPS) is 11.6. The van der Waals surface area contributed by atoms with Crippen LogP contribution >= 0.6 is 0 Å². The molecular formula is C19H25N3O4. The summed E-state index contributed by atoms with van der Waals surface area (Å²) in [6, 6.07) is 5.06. The summed E-state index contributed by atoms with van der Waals surface area (Å²) in [6.07, 6.45) is 7.24. The Hall–Kier alpha value is -2.83. The van der Waals surface area contributed by atoms with Crippen molar-refractivity contribution < 1.29 is 19.0 Å². The molecule has 0 saturated carbocycles. The van der Waals surface area contributed by atoms with Gasteiger partial charge >= 0.3 is 5.97 Å². The van der Waals surface area contributed by atoms with Crippen LogP contribution in [0.5, 0.6) is 11.8 Å². The number of hydrogen-bond donors (Lipinski definition) is 0. The van der Waals surface area contributed by atoms with Crippen LogP contribution in [-0.2, 0) is 9.53 Å². The number of rotatable bonds is 11. The Morgan fingerprint density at radius 1 is 1.35 bits per heavy atom. The second kappa shape index (κ2) is 10.2. The van der Waals surface area contributed by atoms with Crippen LogP contribution in [0.4, 0.5) is 0 Å². The van der Waals surface area contributed by atoms with E-state index < -0.39 is 0 Å². The molecule has 7 heteroatoms. The maximum Gasteiger partial charge on any atom is 0.308 e. The van der Waals surface area contributed by atoms with E-state index in [1.54, 1.807) is 43.2 Å². The number of esters is 1. The van der Waals surface area contributed by atoms with Gasteiger partial charge in [-0.15, -0.1) is 11.7 Å². The van der Waals surface area contributed by atoms with Crippen molar-refractivity contribution in [3.63, 3.8) is 0 Å². The van der Waals surface area contributed by atoms with Gasteiger partial charge in [0.2, 0.25) is 11.8 Å². The molecule has 0 aliphatic carbocycles. The predicted octanol–water partition coefficient (Wildman–Crippen LogP) is 3.17. The molecule has 26 heavy (non-hydrogen) atoms. The van der Waals surface area contributed by atoms with E-state index in [1.165, 1.54) is 0 Å². The molecule has 0 saturated heterocycles. The molecule has 0 aliphatic heterocycles. The number of carbonyl (C=O) groups excluding carboxylic acids is 1. The third-order valence-electron chi connectivity index (χ3n) is 3.72. The number of nitrogens with zero attached hydrogens (tertiary/aromatic N) is 3. The maximum absolute atomic E-state index is 12.0. The van der Waals surface area contributed by atoms with Crippen LogP contribution in [0, 0.1) is 0 Å². The molecule has 140 valence electrons. The van der Waals surface area contributed by atoms with Gasteiger partial charge in [0, 0.05) is 24.5 Å². The minimum Gasteiger partial charge on any atom is -0.481 e. The molecule has 1 unspecified atom stereocenters. The summed E-state index contributed by atoms with van der Waals surface area (Å²) in [4.78, 5) is 16.2. The maximum atomic E-state index is 12.0. The Morgan fingerprint density at radius 2 is 2.19 bits per heavy atom. The van der Waals surface area contributed by atoms with Crippen LogP contribution in [-0.4, -0.2) is 41.1 Å². The van der Waals surface area contributed by atoms with Gasteiger partial charge in [-0.25, -0.2) is 4.98 Å². The van der Waals surface area contributed by atoms with E-state index in [2.05, 4.69) is 16.7 Å². The second-order valence-electron chi connectivity index (χ2n) is 5.57. The third kappa shape index (κ3) is 5.61. The Balaban J connectivity index is 2.15. The van der Waals surface area contributed by atoms with Crippen LogP contribution in [0.2, 0.25) is 0 Å². The quantitative estimate of drug-likeness (QED) is 0.348. The Bertz CT molecular complexity index is 697. The summed E-state index contributed by atoms with van der Waals surface area (Å²) >= 11 is 0. The molecule has 1 atom stereocenters. The molecule has 0 fully saturated rings. The number of methoxy groups -OCH3 is 1. The largest absolute Gasteiger partial charge is 0.481 e. The fourth-order valence-corrected chi connectivity index (χ4v) is 2.43. The van der Waals surface area contributed by atoms with Gasteiger partial charge in [0.1, 0.15) is 0 Å². The lowest BCUT2D eigenvalue weighted by Crippen LogP contribution is -2.18. The number of pyridine rings is 1. The predicted molar refractivity (Wildman–Crippen MR) is 97.3 cm³/mol. The van der Waals surface area contributed by atoms with Crippen LogP contribution in [0.25, 0.3) is 0 Å². The first-order chi connectivity index (χ1) is 12.7. The highest BCUT2D eigenvalue weighted by Crippen LogP contribution is 2.24. The van der Waals surface area contributed by atoms with Gasteiger partial charge in [-0.2, -0.15) is 0 Å². The smallest absolute Gasteiger partial charge is 0.308 e. The number of hydrogen-bond acceptors (Lipinski definition) is 6. The van der Waals surface area contributed by atoms with Gasteiger partial charge in [0.15, 0.2) is 0 Å². The van der Waals surface area contributed by atoms with E-state index in [0.717, 1.165) is 18.4 Å². The van der Waals surface area contributed by atoms with Crippen molar-refractivity contribution in [1.29, 1.82) is 0 Å². The molecule has 0 aliphatic rings. The number of ether oxygens (including phenoxy) is 3. The first kappa shape index (κ1) is 19.5. The van der Waals surface area contributed by atoms with E-state index in [-0.39, 0.29) is 18.4 Å². The molecule has 0 N–H and O–H groups in total. The lowest BCUT2D eigenvalue weighted by molar-refractivity contribution is -0.143. The van der Waals surface area contributed by atoms with Crippen molar-refractivity contribution in [3.05, 3.63) is 48.8 Å². The number of allylic oxidation sites excluding steroid dienone is 1. The average Bonchev–Trinajstić information content (AvgIpc) is 3.12. The number of carbonyl (C=O) groups is 1. The number of unbranched alkanes of at least 4 members (excludes halogenated alkanes) is 1. The van der Waals surface area contributed by atoms with Gasteiger partial charge in [-0.1, -0.05) is 6.08 Å². The van der Waals surface area contributed by atoms with Crippen LogP contribution in [0.3, 0.4) is 0 Å². The van der Waals surface area contributed by atoms with Crippen molar-refractivity contribution in [1.82, 2.24) is 14.8 Å². The van der Waals surface area contributed by atoms with Crippen molar-refractivity contribution in [2.24, 2.45) is 0 Å². The molecule has 0 aromatic carbocycles. The van der Waals surface area contributed by atoms with Crippen LogP contribution < -0.4 is 9.47 Å². The summed E-state index contributed by atoms with van der Waals surface area (Å²) in [6.45, 7) is 6.37. The molecule has 0 amide bonds. The van der Waals surface area contributed by atoms with E-state index in [4.69, 9.17) is 14.2 Å². The first-order valence-electron chi connectivity index (χ1n) is 8.62. The highest BCUT2D eigenvalue weighted by molar-refractivity contribution is 5.70. The van der Waals surface area contributed by atoms with E-state index in [0.29, 0.717) is 25.0 Å². The Labute approximate surface area is 153 Å². The summed E-state index contributed by atoms with van der Waals surface area (Å²) in [5.41, 5.74) is 0.833. The van der Waals surface area contributed by atoms with Crippen molar-refractivity contribution in [3.8, 4) is 11.8 Å². The zero-order chi connectivity index (χ0) is 18.8. The summed E-state index contributed by atoms with van der Waals surface area (Å²) < 4.78 is 17.5. The van der Waals surface area contributed by atoms with Gasteiger partial charge in [-0.05, 0) is 31.4 Å². The minimum atomic E-state index is -0.335. The topological polar surface area (TPSA) is 75.5 Å². The molecule has 0 bridgehead atoms. The monoisotopic (exact) mass is 359 g/mol. The standard InChI is InChI=1S/C19H25N3O4/c1-4-6-7-12-26-18-10-11-22(21-18)16(13-19(23)25-5-2)15-8-9-17(24-3)20-14-15/h4,8-11,14,16H,1,5-7,12-13H2,2-3H3. The molecule has 2 heterocycles. The third-order valence-corrected chi connectivity index (χ3v) is 3.72. The van der Waals surface area contributed by atoms with Gasteiger partial charge in [0.25, 0.3) is 0 Å². The fraction of sp³-hybridized carbons (Fsp3) is 0.421. The lowest BCUT2D eigenvalue weighted by Gasteiger charge is -2.17. The zero-order valence-electron chi connectivity index (χ0n) is 15.3. The molecule has 0 spiro atoms. The summed E-state index contributed by atoms with van der Waals surface area (Å²) in [7, 11) is 1.56. The summed E-state index contributed by atoms with van der Waals surface area (Å²) in [5, 5.41) is 4.44. The lowest BCUT2D eigenvalue weighted by atomic mass is 10.1. The number of aromatic nitrogens is 3. The summed E-state index contributed by atoms with van der Waals surface area (Å²) in [5.74, 6) is 0.733. The molecule has 0 radical (unpaired) electrons. The second-order valence-corrected chi connectivity index (χ2v) is 5.57. The molecule has 2 aromatic heterocycles. The van der Waals surface area contributed by atoms with Gasteiger partial charge in [0.05, 0.1) is 32.8 Å². The minimum absolute atomic E-state index is 0.152. The SMILES string of the molecule is C=CCCCOc1ccn(C(CC(=O)OCC)c2ccc(OC)nc2)n1. The highest BCUT2D eigenvalue weighted by Gasteiger charge is 2.21. The highest BCUT2D eigenvalue weighted by atomic mass is 16.5. The van der Waals surface area contributed by atoms with Gasteiger partial charge < -0.3 is 14.2 Å². The molecule has 2 rings (SSSR count).